The van der Waals surface area contributed by atoms with Crippen LogP contribution in [0.25, 0.3) is 133 Å². The first kappa shape index (κ1) is 40.6. The largest absolute Gasteiger partial charge is 0.149 e. The molecule has 70 heavy (non-hydrogen) atoms. The van der Waals surface area contributed by atoms with E-state index >= 15 is 0 Å². The zero-order chi connectivity index (χ0) is 46.4. The number of benzene rings is 9. The maximum Gasteiger partial charge on any atom is 0.101 e. The van der Waals surface area contributed by atoms with Crippen LogP contribution >= 0.6 is 0 Å². The van der Waals surface area contributed by atoms with E-state index in [1.54, 1.807) is 0 Å². The van der Waals surface area contributed by atoms with Crippen molar-refractivity contribution in [2.24, 2.45) is 0 Å². The molecule has 0 radical (unpaired) electrons. The van der Waals surface area contributed by atoms with Gasteiger partial charge in [0.1, 0.15) is 45.6 Å². The molecule has 0 aliphatic rings. The molecule has 0 aliphatic carbocycles. The van der Waals surface area contributed by atoms with Crippen molar-refractivity contribution in [3.63, 3.8) is 0 Å². The second-order valence-corrected chi connectivity index (χ2v) is 17.2. The summed E-state index contributed by atoms with van der Waals surface area (Å²) in [5.74, 6) is 0. The smallest absolute Gasteiger partial charge is 0.101 e. The summed E-state index contributed by atoms with van der Waals surface area (Å²) >= 11 is 0. The summed E-state index contributed by atoms with van der Waals surface area (Å²) in [5.41, 5.74) is 13.0. The fraction of sp³-hybridized carbons (Fsp3) is 0. The van der Waals surface area contributed by atoms with Crippen molar-refractivity contribution in [2.75, 3.05) is 0 Å². The molecule has 13 rings (SSSR count). The summed E-state index contributed by atoms with van der Waals surface area (Å²) in [6.07, 6.45) is 0. The Hall–Kier alpha value is -9.66. The van der Waals surface area contributed by atoms with Crippen LogP contribution in [0.2, 0.25) is 0 Å². The number of fused-ring (bicyclic) bond motifs is 4. The van der Waals surface area contributed by atoms with Crippen LogP contribution in [0.4, 0.5) is 0 Å². The maximum atomic E-state index is 5.17. The summed E-state index contributed by atoms with van der Waals surface area (Å²) in [4.78, 5) is 0. The summed E-state index contributed by atoms with van der Waals surface area (Å²) in [5, 5.41) is 48.4. The van der Waals surface area contributed by atoms with Crippen LogP contribution in [-0.4, -0.2) is 40.8 Å². The van der Waals surface area contributed by atoms with Gasteiger partial charge < -0.3 is 0 Å². The Balaban J connectivity index is 1.17. The molecule has 0 unspecified atom stereocenters. The summed E-state index contributed by atoms with van der Waals surface area (Å²) in [6.45, 7) is 0. The molecule has 4 heterocycles. The molecular formula is C62H38N8. The second kappa shape index (κ2) is 17.2. The quantitative estimate of drug-likeness (QED) is 0.149. The van der Waals surface area contributed by atoms with E-state index in [1.807, 2.05) is 72.8 Å². The van der Waals surface area contributed by atoms with Crippen molar-refractivity contribution in [3.05, 3.63) is 231 Å². The summed E-state index contributed by atoms with van der Waals surface area (Å²) < 4.78 is 0. The first-order chi connectivity index (χ1) is 34.8. The number of aromatic nitrogens is 8. The van der Waals surface area contributed by atoms with Gasteiger partial charge in [-0.25, -0.2) is 0 Å². The van der Waals surface area contributed by atoms with Gasteiger partial charge in [-0.3, -0.25) is 0 Å². The van der Waals surface area contributed by atoms with Gasteiger partial charge in [-0.15, -0.1) is 40.8 Å². The average Bonchev–Trinajstić information content (AvgIpc) is 3.44. The van der Waals surface area contributed by atoms with Crippen LogP contribution in [0.3, 0.4) is 0 Å². The van der Waals surface area contributed by atoms with Crippen molar-refractivity contribution in [3.8, 4) is 90.1 Å². The van der Waals surface area contributed by atoms with E-state index in [2.05, 4.69) is 158 Å². The number of hydrogen-bond acceptors (Lipinski definition) is 8. The molecule has 4 aromatic heterocycles. The van der Waals surface area contributed by atoms with Gasteiger partial charge in [-0.05, 0) is 12.1 Å². The molecule has 8 nitrogen and oxygen atoms in total. The fourth-order valence-corrected chi connectivity index (χ4v) is 9.83. The fourth-order valence-electron chi connectivity index (χ4n) is 9.83. The highest BCUT2D eigenvalue weighted by Crippen LogP contribution is 2.47. The molecule has 0 spiro atoms. The molecule has 0 amide bonds. The molecule has 13 aromatic rings. The van der Waals surface area contributed by atoms with Gasteiger partial charge in [0.15, 0.2) is 0 Å². The zero-order valence-corrected chi connectivity index (χ0v) is 37.5. The van der Waals surface area contributed by atoms with Crippen LogP contribution < -0.4 is 0 Å². The Morgan fingerprint density at radius 3 is 0.514 bits per heavy atom. The van der Waals surface area contributed by atoms with E-state index < -0.39 is 0 Å². The van der Waals surface area contributed by atoms with E-state index in [9.17, 15) is 0 Å². The summed E-state index contributed by atoms with van der Waals surface area (Å²) in [6, 6.07) is 78.6. The minimum atomic E-state index is 0.685. The predicted molar refractivity (Wildman–Crippen MR) is 282 cm³/mol. The Kier molecular flexibility index (Phi) is 9.98. The third-order valence-corrected chi connectivity index (χ3v) is 13.1. The number of rotatable bonds is 8. The highest BCUT2D eigenvalue weighted by Gasteiger charge is 2.27. The highest BCUT2D eigenvalue weighted by molar-refractivity contribution is 6.13. The van der Waals surface area contributed by atoms with E-state index in [4.69, 9.17) is 40.8 Å². The van der Waals surface area contributed by atoms with Crippen LogP contribution in [0.5, 0.6) is 0 Å². The molecule has 0 saturated heterocycles. The SMILES string of the molecule is c1ccc(-c2nnc(-c3cc(-c4nnc(-c5ccccc5)c5ccccc45)c(-c4nnc(-c5ccccc5)c5ccccc45)cc3-c3nnc(-c4ccccc4)c4ccccc34)c3ccccc23)cc1. The van der Waals surface area contributed by atoms with Gasteiger partial charge in [0.05, 0.1) is 0 Å². The lowest BCUT2D eigenvalue weighted by atomic mass is 9.86. The zero-order valence-electron chi connectivity index (χ0n) is 37.5. The standard InChI is InChI=1S/C62H38N8/c1-5-21-39(22-6-1)55-43-29-13-17-33-47(43)59(67-63-55)51-37-53(61-49-35-19-15-31-45(49)57(65-69-61)41-25-9-3-10-26-41)54(62-50-36-20-16-32-46(50)58(66-70-62)42-27-11-4-12-28-42)38-52(51)60-48-34-18-14-30-44(48)56(64-68-60)40-23-7-2-8-24-40/h1-38H. The highest BCUT2D eigenvalue weighted by atomic mass is 15.1. The lowest BCUT2D eigenvalue weighted by Gasteiger charge is -2.20. The predicted octanol–water partition coefficient (Wildman–Crippen LogP) is 14.8. The molecule has 9 aromatic carbocycles. The van der Waals surface area contributed by atoms with Gasteiger partial charge in [0.25, 0.3) is 0 Å². The molecule has 8 heteroatoms. The Labute approximate surface area is 402 Å². The van der Waals surface area contributed by atoms with Crippen LogP contribution in [0.1, 0.15) is 0 Å². The van der Waals surface area contributed by atoms with Crippen molar-refractivity contribution >= 4 is 43.1 Å². The van der Waals surface area contributed by atoms with Crippen LogP contribution in [0, 0.1) is 0 Å². The van der Waals surface area contributed by atoms with E-state index in [-0.39, 0.29) is 0 Å². The normalized spacial score (nSPS) is 11.4. The van der Waals surface area contributed by atoms with E-state index in [0.29, 0.717) is 22.8 Å². The summed E-state index contributed by atoms with van der Waals surface area (Å²) in [7, 11) is 0. The maximum absolute atomic E-state index is 5.17. The van der Waals surface area contributed by atoms with Gasteiger partial charge in [-0.2, -0.15) is 0 Å². The Bertz CT molecular complexity index is 3580. The first-order valence-corrected chi connectivity index (χ1v) is 23.2. The van der Waals surface area contributed by atoms with Crippen molar-refractivity contribution < 1.29 is 0 Å². The molecule has 0 saturated carbocycles. The Morgan fingerprint density at radius 2 is 0.314 bits per heavy atom. The number of hydrogen-bond donors (Lipinski definition) is 0. The third kappa shape index (κ3) is 6.93. The van der Waals surface area contributed by atoms with Gasteiger partial charge in [0.2, 0.25) is 0 Å². The monoisotopic (exact) mass is 894 g/mol. The van der Waals surface area contributed by atoms with E-state index in [0.717, 1.165) is 110 Å². The van der Waals surface area contributed by atoms with Crippen molar-refractivity contribution in [1.82, 2.24) is 40.8 Å². The van der Waals surface area contributed by atoms with Gasteiger partial charge >= 0.3 is 0 Å². The molecule has 0 fully saturated rings. The number of nitrogens with zero attached hydrogens (tertiary/aromatic N) is 8. The Morgan fingerprint density at radius 1 is 0.157 bits per heavy atom. The van der Waals surface area contributed by atoms with Crippen LogP contribution in [-0.2, 0) is 0 Å². The average molecular weight is 895 g/mol. The van der Waals surface area contributed by atoms with Gasteiger partial charge in [0, 0.05) is 87.6 Å². The molecule has 0 bridgehead atoms. The molecule has 326 valence electrons. The molecular weight excluding hydrogens is 857 g/mol. The van der Waals surface area contributed by atoms with Crippen molar-refractivity contribution in [1.29, 1.82) is 0 Å². The minimum absolute atomic E-state index is 0.685. The molecule has 0 aliphatic heterocycles. The lowest BCUT2D eigenvalue weighted by Crippen LogP contribution is -2.03. The first-order valence-electron chi connectivity index (χ1n) is 23.2. The second-order valence-electron chi connectivity index (χ2n) is 17.2. The van der Waals surface area contributed by atoms with Crippen molar-refractivity contribution in [2.45, 2.75) is 0 Å². The van der Waals surface area contributed by atoms with Crippen LogP contribution in [0.15, 0.2) is 231 Å². The third-order valence-electron chi connectivity index (χ3n) is 13.1. The molecule has 0 atom stereocenters. The lowest BCUT2D eigenvalue weighted by molar-refractivity contribution is 1.05. The van der Waals surface area contributed by atoms with Gasteiger partial charge in [-0.1, -0.05) is 218 Å². The minimum Gasteiger partial charge on any atom is -0.149 e. The molecule has 0 N–H and O–H groups in total. The topological polar surface area (TPSA) is 103 Å². The van der Waals surface area contributed by atoms with E-state index in [1.165, 1.54) is 0 Å².